The summed E-state index contributed by atoms with van der Waals surface area (Å²) in [5, 5.41) is 15.5. The first-order valence-corrected chi connectivity index (χ1v) is 18.1. The zero-order chi connectivity index (χ0) is 37.7. The fraction of sp³-hybridized carbons (Fsp3) is 0.711. The van der Waals surface area contributed by atoms with Crippen LogP contribution in [-0.4, -0.2) is 109 Å². The van der Waals surface area contributed by atoms with Gasteiger partial charge in [0.05, 0.1) is 36.6 Å². The standard InChI is InChI=1S/C38H62N4O8/c1-11-25(6)34(41(8)37(46)33(24(4)5)40-31(43)20-23(2)3)30(49-9)22-32(44)42-19-15-18-29(42)35(50-10)26(7)36(45)39-28(38(47)48)21-27-16-13-12-14-17-27/h12-14,16-17,23-26,28-30,33-35H,11,15,18-22H2,1-10H3,(H,39,45)(H,40,43)(H,47,48)/t25?,26-,28+,29+,30-,33+,34+,35-/m1/s1. The van der Waals surface area contributed by atoms with Crippen LogP contribution in [0.2, 0.25) is 0 Å². The Bertz CT molecular complexity index is 1260. The van der Waals surface area contributed by atoms with Gasteiger partial charge in [-0.15, -0.1) is 0 Å². The molecule has 0 aromatic heterocycles. The average molecular weight is 703 g/mol. The summed E-state index contributed by atoms with van der Waals surface area (Å²) in [6.07, 6.45) is 1.20. The second-order valence-corrected chi connectivity index (χ2v) is 14.6. The second-order valence-electron chi connectivity index (χ2n) is 14.6. The van der Waals surface area contributed by atoms with Gasteiger partial charge >= 0.3 is 5.97 Å². The molecule has 4 amide bonds. The van der Waals surface area contributed by atoms with Crippen LogP contribution >= 0.6 is 0 Å². The Morgan fingerprint density at radius 1 is 0.960 bits per heavy atom. The van der Waals surface area contributed by atoms with E-state index < -0.39 is 54.2 Å². The first kappa shape index (κ1) is 42.7. The van der Waals surface area contributed by atoms with E-state index in [0.717, 1.165) is 12.0 Å². The molecule has 1 heterocycles. The van der Waals surface area contributed by atoms with E-state index in [1.54, 1.807) is 23.8 Å². The van der Waals surface area contributed by atoms with Crippen molar-refractivity contribution in [1.29, 1.82) is 0 Å². The summed E-state index contributed by atoms with van der Waals surface area (Å²) in [7, 11) is 4.74. The van der Waals surface area contributed by atoms with Gasteiger partial charge in [0.2, 0.25) is 23.6 Å². The van der Waals surface area contributed by atoms with Crippen LogP contribution in [-0.2, 0) is 39.9 Å². The predicted octanol–water partition coefficient (Wildman–Crippen LogP) is 3.91. The molecule has 1 aromatic carbocycles. The van der Waals surface area contributed by atoms with Crippen molar-refractivity contribution in [3.05, 3.63) is 35.9 Å². The minimum Gasteiger partial charge on any atom is -0.480 e. The molecule has 0 spiro atoms. The molecule has 0 radical (unpaired) electrons. The summed E-state index contributed by atoms with van der Waals surface area (Å²) in [6.45, 7) is 13.9. The van der Waals surface area contributed by atoms with Crippen molar-refractivity contribution >= 4 is 29.6 Å². The first-order chi connectivity index (χ1) is 23.6. The molecular weight excluding hydrogens is 640 g/mol. The number of ether oxygens (including phenoxy) is 2. The van der Waals surface area contributed by atoms with E-state index in [1.165, 1.54) is 14.2 Å². The van der Waals surface area contributed by atoms with Crippen LogP contribution < -0.4 is 10.6 Å². The number of carbonyl (C=O) groups excluding carboxylic acids is 4. The Kier molecular flexibility index (Phi) is 17.4. The molecule has 1 aliphatic rings. The third-order valence-electron chi connectivity index (χ3n) is 10.00. The van der Waals surface area contributed by atoms with Gasteiger partial charge in [0.25, 0.3) is 0 Å². The maximum Gasteiger partial charge on any atom is 0.326 e. The lowest BCUT2D eigenvalue weighted by atomic mass is 9.89. The van der Waals surface area contributed by atoms with Gasteiger partial charge < -0.3 is 35.0 Å². The number of aliphatic carboxylic acids is 1. The Morgan fingerprint density at radius 3 is 2.12 bits per heavy atom. The number of carbonyl (C=O) groups is 5. The molecule has 8 atom stereocenters. The van der Waals surface area contributed by atoms with Gasteiger partial charge in [0.15, 0.2) is 0 Å². The highest BCUT2D eigenvalue weighted by Crippen LogP contribution is 2.29. The summed E-state index contributed by atoms with van der Waals surface area (Å²) < 4.78 is 11.8. The lowest BCUT2D eigenvalue weighted by molar-refractivity contribution is -0.148. The topological polar surface area (TPSA) is 155 Å². The summed E-state index contributed by atoms with van der Waals surface area (Å²) in [5.41, 5.74) is 0.787. The number of carboxylic acid groups (broad SMARTS) is 1. The first-order valence-electron chi connectivity index (χ1n) is 18.1. The van der Waals surface area contributed by atoms with Crippen LogP contribution in [0.25, 0.3) is 0 Å². The number of nitrogens with zero attached hydrogens (tertiary/aromatic N) is 2. The fourth-order valence-electron chi connectivity index (χ4n) is 7.00. The van der Waals surface area contributed by atoms with E-state index in [2.05, 4.69) is 10.6 Å². The molecule has 12 heteroatoms. The molecule has 0 bridgehead atoms. The van der Waals surface area contributed by atoms with Crippen LogP contribution in [0.5, 0.6) is 0 Å². The number of rotatable bonds is 20. The molecule has 3 N–H and O–H groups in total. The van der Waals surface area contributed by atoms with Crippen LogP contribution in [0.15, 0.2) is 30.3 Å². The van der Waals surface area contributed by atoms with Gasteiger partial charge in [0.1, 0.15) is 12.1 Å². The minimum absolute atomic E-state index is 0.000849. The van der Waals surface area contributed by atoms with E-state index in [1.807, 2.05) is 71.9 Å². The van der Waals surface area contributed by atoms with Crippen molar-refractivity contribution in [1.82, 2.24) is 20.4 Å². The minimum atomic E-state index is -1.14. The van der Waals surface area contributed by atoms with Gasteiger partial charge in [0, 0.05) is 40.7 Å². The number of hydrogen-bond acceptors (Lipinski definition) is 7. The fourth-order valence-corrected chi connectivity index (χ4v) is 7.00. The lowest BCUT2D eigenvalue weighted by Gasteiger charge is -2.40. The number of likely N-dealkylation sites (tertiary alicyclic amines) is 1. The molecule has 1 aromatic rings. The van der Waals surface area contributed by atoms with Gasteiger partial charge in [-0.2, -0.15) is 0 Å². The molecule has 0 aliphatic carbocycles. The van der Waals surface area contributed by atoms with E-state index in [-0.39, 0.29) is 48.3 Å². The monoisotopic (exact) mass is 702 g/mol. The SMILES string of the molecule is CCC(C)[C@@H]([C@@H](CC(=O)N1CCC[C@H]1[C@H](OC)[C@@H](C)C(=O)N[C@@H](Cc1ccccc1)C(=O)O)OC)N(C)C(=O)[C@@H](NC(=O)CC(C)C)C(C)C. The molecule has 0 saturated carbocycles. The number of hydrogen-bond donors (Lipinski definition) is 3. The number of nitrogens with one attached hydrogen (secondary N) is 2. The zero-order valence-corrected chi connectivity index (χ0v) is 31.8. The maximum atomic E-state index is 14.1. The number of benzene rings is 1. The van der Waals surface area contributed by atoms with Crippen molar-refractivity contribution in [2.45, 2.75) is 123 Å². The van der Waals surface area contributed by atoms with Crippen molar-refractivity contribution in [2.24, 2.45) is 23.7 Å². The molecule has 1 aliphatic heterocycles. The third-order valence-corrected chi connectivity index (χ3v) is 10.00. The zero-order valence-electron chi connectivity index (χ0n) is 31.8. The molecule has 282 valence electrons. The number of amides is 4. The number of carboxylic acids is 1. The number of methoxy groups -OCH3 is 2. The average Bonchev–Trinajstić information content (AvgIpc) is 3.55. The highest BCUT2D eigenvalue weighted by molar-refractivity contribution is 5.88. The number of likely N-dealkylation sites (N-methyl/N-ethyl adjacent to an activating group) is 1. The molecule has 1 fully saturated rings. The van der Waals surface area contributed by atoms with Crippen LogP contribution in [0.1, 0.15) is 86.1 Å². The molecule has 50 heavy (non-hydrogen) atoms. The van der Waals surface area contributed by atoms with Crippen molar-refractivity contribution < 1.29 is 38.6 Å². The van der Waals surface area contributed by atoms with Crippen molar-refractivity contribution in [2.75, 3.05) is 27.8 Å². The van der Waals surface area contributed by atoms with Crippen LogP contribution in [0.4, 0.5) is 0 Å². The van der Waals surface area contributed by atoms with Gasteiger partial charge in [-0.25, -0.2) is 4.79 Å². The molecule has 12 nitrogen and oxygen atoms in total. The van der Waals surface area contributed by atoms with Crippen molar-refractivity contribution in [3.63, 3.8) is 0 Å². The van der Waals surface area contributed by atoms with E-state index in [9.17, 15) is 29.1 Å². The van der Waals surface area contributed by atoms with E-state index in [4.69, 9.17) is 9.47 Å². The maximum absolute atomic E-state index is 14.1. The summed E-state index contributed by atoms with van der Waals surface area (Å²) in [5.74, 6) is -2.96. The second kappa shape index (κ2) is 20.4. The van der Waals surface area contributed by atoms with Gasteiger partial charge in [-0.1, -0.05) is 85.2 Å². The highest BCUT2D eigenvalue weighted by Gasteiger charge is 2.43. The summed E-state index contributed by atoms with van der Waals surface area (Å²) in [6, 6.07) is 6.39. The summed E-state index contributed by atoms with van der Waals surface area (Å²) >= 11 is 0. The molecule has 1 unspecified atom stereocenters. The largest absolute Gasteiger partial charge is 0.480 e. The van der Waals surface area contributed by atoms with Crippen LogP contribution in [0.3, 0.4) is 0 Å². The van der Waals surface area contributed by atoms with Gasteiger partial charge in [-0.3, -0.25) is 19.2 Å². The Labute approximate surface area is 299 Å². The third kappa shape index (κ3) is 11.8. The smallest absolute Gasteiger partial charge is 0.326 e. The lowest BCUT2D eigenvalue weighted by Crippen LogP contribution is -2.58. The molecular formula is C38H62N4O8. The van der Waals surface area contributed by atoms with Gasteiger partial charge in [-0.05, 0) is 36.2 Å². The Morgan fingerprint density at radius 2 is 1.60 bits per heavy atom. The van der Waals surface area contributed by atoms with E-state index in [0.29, 0.717) is 25.8 Å². The normalized spacial score (nSPS) is 18.9. The highest BCUT2D eigenvalue weighted by atomic mass is 16.5. The Hall–Kier alpha value is -3.51. The molecule has 2 rings (SSSR count). The summed E-state index contributed by atoms with van der Waals surface area (Å²) in [4.78, 5) is 69.5. The van der Waals surface area contributed by atoms with Crippen LogP contribution in [0, 0.1) is 23.7 Å². The van der Waals surface area contributed by atoms with E-state index >= 15 is 0 Å². The molecule has 1 saturated heterocycles. The Balaban J connectivity index is 2.24. The quantitative estimate of drug-likeness (QED) is 0.185. The predicted molar refractivity (Wildman–Crippen MR) is 192 cm³/mol. The van der Waals surface area contributed by atoms with Crippen molar-refractivity contribution in [3.8, 4) is 0 Å².